The summed E-state index contributed by atoms with van der Waals surface area (Å²) in [5.74, 6) is 2.55. The second-order valence-electron chi connectivity index (χ2n) is 4.74. The molecule has 2 heterocycles. The van der Waals surface area contributed by atoms with E-state index in [1.807, 2.05) is 13.0 Å². The summed E-state index contributed by atoms with van der Waals surface area (Å²) in [6, 6.07) is 4.29. The lowest BCUT2D eigenvalue weighted by atomic mass is 10.00. The first-order valence-corrected chi connectivity index (χ1v) is 6.58. The third-order valence-corrected chi connectivity index (χ3v) is 3.18. The molecule has 1 aliphatic rings. The van der Waals surface area contributed by atoms with E-state index in [9.17, 15) is 0 Å². The minimum absolute atomic E-state index is 0.105. The third-order valence-electron chi connectivity index (χ3n) is 3.18. The van der Waals surface area contributed by atoms with Crippen LogP contribution in [0.1, 0.15) is 18.7 Å². The van der Waals surface area contributed by atoms with E-state index < -0.39 is 0 Å². The average Bonchev–Trinajstić information content (AvgIpc) is 2.44. The summed E-state index contributed by atoms with van der Waals surface area (Å²) < 4.78 is 0. The number of anilines is 2. The van der Waals surface area contributed by atoms with Crippen molar-refractivity contribution in [2.24, 2.45) is 5.92 Å². The molecule has 2 rings (SSSR count). The van der Waals surface area contributed by atoms with E-state index in [1.54, 1.807) is 6.08 Å². The van der Waals surface area contributed by atoms with Crippen molar-refractivity contribution in [3.05, 3.63) is 24.5 Å². The van der Waals surface area contributed by atoms with Crippen LogP contribution in [0.2, 0.25) is 0 Å². The summed E-state index contributed by atoms with van der Waals surface area (Å²) >= 11 is 0. The number of piperidine rings is 1. The fourth-order valence-electron chi connectivity index (χ4n) is 2.27. The Morgan fingerprint density at radius 2 is 2.47 bits per heavy atom. The fourth-order valence-corrected chi connectivity index (χ4v) is 2.27. The average molecular weight is 257 g/mol. The van der Waals surface area contributed by atoms with Crippen LogP contribution in [0.5, 0.6) is 0 Å². The summed E-state index contributed by atoms with van der Waals surface area (Å²) in [6.45, 7) is 7.95. The summed E-state index contributed by atoms with van der Waals surface area (Å²) in [4.78, 5) is 11.0. The summed E-state index contributed by atoms with van der Waals surface area (Å²) in [5, 5.41) is 12.2. The van der Waals surface area contributed by atoms with Crippen LogP contribution in [0, 0.1) is 24.2 Å². The molecule has 1 aromatic heterocycles. The highest BCUT2D eigenvalue weighted by Crippen LogP contribution is 2.23. The molecule has 1 atom stereocenters. The van der Waals surface area contributed by atoms with Crippen LogP contribution in [-0.4, -0.2) is 29.6 Å². The molecule has 0 spiro atoms. The zero-order valence-corrected chi connectivity index (χ0v) is 11.3. The summed E-state index contributed by atoms with van der Waals surface area (Å²) in [5.41, 5.74) is 0. The van der Waals surface area contributed by atoms with Crippen LogP contribution in [0.3, 0.4) is 0 Å². The highest BCUT2D eigenvalue weighted by Gasteiger charge is 2.21. The van der Waals surface area contributed by atoms with Gasteiger partial charge in [0.2, 0.25) is 0 Å². The Kier molecular flexibility index (Phi) is 4.35. The van der Waals surface area contributed by atoms with Crippen LogP contribution in [0.15, 0.2) is 18.7 Å². The monoisotopic (exact) mass is 257 g/mol. The summed E-state index contributed by atoms with van der Waals surface area (Å²) in [6.07, 6.45) is 3.82. The maximum atomic E-state index is 9.05. The maximum absolute atomic E-state index is 9.05. The van der Waals surface area contributed by atoms with Crippen molar-refractivity contribution >= 4 is 11.6 Å². The van der Waals surface area contributed by atoms with Gasteiger partial charge in [0.15, 0.2) is 0 Å². The topological polar surface area (TPSA) is 64.8 Å². The van der Waals surface area contributed by atoms with Gasteiger partial charge in [-0.15, -0.1) is 6.58 Å². The van der Waals surface area contributed by atoms with Gasteiger partial charge in [-0.2, -0.15) is 5.26 Å². The lowest BCUT2D eigenvalue weighted by molar-refractivity contribution is 0.490. The van der Waals surface area contributed by atoms with Crippen LogP contribution >= 0.6 is 0 Å². The SMILES string of the molecule is C=CCNc1cc(N2CCCC(C#N)C2)nc(C)n1. The van der Waals surface area contributed by atoms with Crippen molar-refractivity contribution in [1.82, 2.24) is 9.97 Å². The van der Waals surface area contributed by atoms with Gasteiger partial charge in [0.25, 0.3) is 0 Å². The largest absolute Gasteiger partial charge is 0.366 e. The molecule has 1 saturated heterocycles. The fraction of sp³-hybridized carbons (Fsp3) is 0.500. The highest BCUT2D eigenvalue weighted by molar-refractivity contribution is 5.50. The minimum atomic E-state index is 0.105. The normalized spacial score (nSPS) is 18.7. The first-order chi connectivity index (χ1) is 9.22. The first kappa shape index (κ1) is 13.3. The lowest BCUT2D eigenvalue weighted by Crippen LogP contribution is -2.35. The molecule has 0 saturated carbocycles. The molecule has 100 valence electrons. The Bertz CT molecular complexity index is 491. The molecule has 0 aliphatic carbocycles. The molecular formula is C14H19N5. The Hall–Kier alpha value is -2.09. The molecule has 1 fully saturated rings. The van der Waals surface area contributed by atoms with Gasteiger partial charge in [-0.3, -0.25) is 0 Å². The molecule has 0 aromatic carbocycles. The Labute approximate surface area is 114 Å². The molecule has 5 heteroatoms. The molecule has 5 nitrogen and oxygen atoms in total. The van der Waals surface area contributed by atoms with Crippen molar-refractivity contribution in [2.45, 2.75) is 19.8 Å². The summed E-state index contributed by atoms with van der Waals surface area (Å²) in [7, 11) is 0. The second-order valence-corrected chi connectivity index (χ2v) is 4.74. The van der Waals surface area contributed by atoms with E-state index >= 15 is 0 Å². The molecule has 0 bridgehead atoms. The number of nitriles is 1. The van der Waals surface area contributed by atoms with Gasteiger partial charge in [-0.25, -0.2) is 9.97 Å². The third kappa shape index (κ3) is 3.44. The van der Waals surface area contributed by atoms with E-state index in [-0.39, 0.29) is 5.92 Å². The lowest BCUT2D eigenvalue weighted by Gasteiger charge is -2.30. The van der Waals surface area contributed by atoms with Gasteiger partial charge in [0.05, 0.1) is 12.0 Å². The molecular weight excluding hydrogens is 238 g/mol. The number of hydrogen-bond acceptors (Lipinski definition) is 5. The van der Waals surface area contributed by atoms with E-state index in [0.29, 0.717) is 6.54 Å². The van der Waals surface area contributed by atoms with Crippen molar-refractivity contribution in [1.29, 1.82) is 5.26 Å². The van der Waals surface area contributed by atoms with Crippen molar-refractivity contribution < 1.29 is 0 Å². The number of aromatic nitrogens is 2. The molecule has 1 aromatic rings. The molecule has 0 radical (unpaired) electrons. The van der Waals surface area contributed by atoms with E-state index in [0.717, 1.165) is 43.4 Å². The van der Waals surface area contributed by atoms with Gasteiger partial charge in [0, 0.05) is 25.7 Å². The smallest absolute Gasteiger partial charge is 0.134 e. The van der Waals surface area contributed by atoms with E-state index in [2.05, 4.69) is 32.8 Å². The van der Waals surface area contributed by atoms with Crippen molar-refractivity contribution in [3.8, 4) is 6.07 Å². The van der Waals surface area contributed by atoms with Gasteiger partial charge in [0.1, 0.15) is 17.5 Å². The Morgan fingerprint density at radius 1 is 1.63 bits per heavy atom. The number of hydrogen-bond donors (Lipinski definition) is 1. The van der Waals surface area contributed by atoms with Crippen LogP contribution in [0.4, 0.5) is 11.6 Å². The predicted octanol–water partition coefficient (Wildman–Crippen LogP) is 2.12. The molecule has 0 amide bonds. The van der Waals surface area contributed by atoms with E-state index in [4.69, 9.17) is 5.26 Å². The van der Waals surface area contributed by atoms with Crippen LogP contribution < -0.4 is 10.2 Å². The maximum Gasteiger partial charge on any atom is 0.134 e. The second kappa shape index (κ2) is 6.19. The zero-order chi connectivity index (χ0) is 13.7. The van der Waals surface area contributed by atoms with Crippen LogP contribution in [0.25, 0.3) is 0 Å². The molecule has 1 N–H and O–H groups in total. The molecule has 19 heavy (non-hydrogen) atoms. The number of rotatable bonds is 4. The van der Waals surface area contributed by atoms with Gasteiger partial charge >= 0.3 is 0 Å². The Morgan fingerprint density at radius 3 is 3.21 bits per heavy atom. The number of nitrogens with one attached hydrogen (secondary N) is 1. The standard InChI is InChI=1S/C14H19N5/c1-3-6-16-13-8-14(18-11(2)17-13)19-7-4-5-12(9-15)10-19/h3,8,12H,1,4-7,10H2,2H3,(H,16,17,18). The number of nitrogens with zero attached hydrogens (tertiary/aromatic N) is 4. The predicted molar refractivity (Wildman–Crippen MR) is 76.0 cm³/mol. The van der Waals surface area contributed by atoms with Gasteiger partial charge in [-0.1, -0.05) is 6.08 Å². The van der Waals surface area contributed by atoms with Crippen molar-refractivity contribution in [3.63, 3.8) is 0 Å². The van der Waals surface area contributed by atoms with Gasteiger partial charge in [-0.05, 0) is 19.8 Å². The van der Waals surface area contributed by atoms with E-state index in [1.165, 1.54) is 0 Å². The number of aryl methyl sites for hydroxylation is 1. The van der Waals surface area contributed by atoms with Crippen molar-refractivity contribution in [2.75, 3.05) is 29.9 Å². The zero-order valence-electron chi connectivity index (χ0n) is 11.3. The van der Waals surface area contributed by atoms with Crippen LogP contribution in [-0.2, 0) is 0 Å². The minimum Gasteiger partial charge on any atom is -0.366 e. The first-order valence-electron chi connectivity index (χ1n) is 6.58. The molecule has 1 unspecified atom stereocenters. The van der Waals surface area contributed by atoms with Gasteiger partial charge < -0.3 is 10.2 Å². The Balaban J connectivity index is 2.16. The quantitative estimate of drug-likeness (QED) is 0.837. The molecule has 1 aliphatic heterocycles. The highest BCUT2D eigenvalue weighted by atomic mass is 15.2.